The van der Waals surface area contributed by atoms with E-state index in [4.69, 9.17) is 4.74 Å². The molecular formula is C21H19BrN6O3. The van der Waals surface area contributed by atoms with E-state index < -0.39 is 11.2 Å². The second kappa shape index (κ2) is 8.60. The molecular weight excluding hydrogens is 464 g/mol. The zero-order valence-electron chi connectivity index (χ0n) is 16.8. The molecule has 0 saturated carbocycles. The van der Waals surface area contributed by atoms with Gasteiger partial charge in [0.2, 0.25) is 5.95 Å². The maximum atomic E-state index is 12.6. The average molecular weight is 483 g/mol. The van der Waals surface area contributed by atoms with Crippen LogP contribution >= 0.6 is 15.9 Å². The van der Waals surface area contributed by atoms with Gasteiger partial charge in [0.1, 0.15) is 5.75 Å². The second-order valence-corrected chi connectivity index (χ2v) is 7.70. The molecule has 4 rings (SSSR count). The van der Waals surface area contributed by atoms with Crippen molar-refractivity contribution in [3.05, 3.63) is 85.0 Å². The Morgan fingerprint density at radius 1 is 1.23 bits per heavy atom. The number of H-pyrrole nitrogens is 1. The summed E-state index contributed by atoms with van der Waals surface area (Å²) in [6, 6.07) is 15.1. The highest BCUT2D eigenvalue weighted by Gasteiger charge is 2.17. The van der Waals surface area contributed by atoms with Crippen LogP contribution in [0.15, 0.2) is 67.7 Å². The summed E-state index contributed by atoms with van der Waals surface area (Å²) in [7, 11) is 3.16. The highest BCUT2D eigenvalue weighted by molar-refractivity contribution is 9.10. The van der Waals surface area contributed by atoms with Crippen LogP contribution in [0.1, 0.15) is 11.1 Å². The minimum atomic E-state index is -0.530. The molecule has 4 aromatic rings. The number of rotatable bonds is 6. The first-order valence-electron chi connectivity index (χ1n) is 9.33. The molecule has 0 bridgehead atoms. The summed E-state index contributed by atoms with van der Waals surface area (Å²) >= 11 is 3.46. The van der Waals surface area contributed by atoms with Gasteiger partial charge in [-0.25, -0.2) is 10.2 Å². The molecule has 0 aliphatic rings. The van der Waals surface area contributed by atoms with Gasteiger partial charge in [-0.15, -0.1) is 0 Å². The van der Waals surface area contributed by atoms with E-state index in [0.29, 0.717) is 12.5 Å². The Labute approximate surface area is 185 Å². The van der Waals surface area contributed by atoms with E-state index >= 15 is 0 Å². The molecule has 2 aromatic carbocycles. The monoisotopic (exact) mass is 482 g/mol. The van der Waals surface area contributed by atoms with Crippen LogP contribution in [0.5, 0.6) is 5.75 Å². The quantitative estimate of drug-likeness (QED) is 0.324. The number of imidazole rings is 1. The number of hydrogen-bond donors (Lipinski definition) is 2. The van der Waals surface area contributed by atoms with Crippen LogP contribution in [0.3, 0.4) is 0 Å². The summed E-state index contributed by atoms with van der Waals surface area (Å²) in [6.07, 6.45) is 1.63. The van der Waals surface area contributed by atoms with Crippen molar-refractivity contribution in [2.75, 3.05) is 12.5 Å². The predicted octanol–water partition coefficient (Wildman–Crippen LogP) is 2.69. The number of anilines is 1. The van der Waals surface area contributed by atoms with Gasteiger partial charge >= 0.3 is 5.69 Å². The standard InChI is InChI=1S/C21H19BrN6O3/c1-27-18-17(19(29)25-21(27)30)28(12-14-4-3-5-15(22)10-14)20(24-18)26-23-11-13-6-8-16(31-2)9-7-13/h3-11H,12H2,1-2H3,(H,24,26)(H,25,29,30). The summed E-state index contributed by atoms with van der Waals surface area (Å²) in [5, 5.41) is 4.26. The second-order valence-electron chi connectivity index (χ2n) is 6.79. The predicted molar refractivity (Wildman–Crippen MR) is 123 cm³/mol. The maximum absolute atomic E-state index is 12.6. The van der Waals surface area contributed by atoms with Gasteiger partial charge in [-0.05, 0) is 47.5 Å². The Morgan fingerprint density at radius 3 is 2.71 bits per heavy atom. The number of aromatic amines is 1. The fourth-order valence-electron chi connectivity index (χ4n) is 3.15. The summed E-state index contributed by atoms with van der Waals surface area (Å²) < 4.78 is 9.06. The van der Waals surface area contributed by atoms with Gasteiger partial charge in [0.25, 0.3) is 5.56 Å². The molecule has 0 saturated heterocycles. The lowest BCUT2D eigenvalue weighted by Crippen LogP contribution is -2.29. The van der Waals surface area contributed by atoms with Gasteiger partial charge in [-0.1, -0.05) is 28.1 Å². The fourth-order valence-corrected chi connectivity index (χ4v) is 3.59. The lowest BCUT2D eigenvalue weighted by atomic mass is 10.2. The lowest BCUT2D eigenvalue weighted by Gasteiger charge is -2.08. The van der Waals surface area contributed by atoms with Crippen molar-refractivity contribution in [3.8, 4) is 5.75 Å². The Morgan fingerprint density at radius 2 is 2.00 bits per heavy atom. The molecule has 0 atom stereocenters. The largest absolute Gasteiger partial charge is 0.497 e. The first-order chi connectivity index (χ1) is 15.0. The fraction of sp³-hybridized carbons (Fsp3) is 0.143. The first kappa shape index (κ1) is 20.6. The lowest BCUT2D eigenvalue weighted by molar-refractivity contribution is 0.415. The molecule has 0 amide bonds. The summed E-state index contributed by atoms with van der Waals surface area (Å²) in [6.45, 7) is 0.359. The number of nitrogens with zero attached hydrogens (tertiary/aromatic N) is 4. The number of methoxy groups -OCH3 is 1. The highest BCUT2D eigenvalue weighted by Crippen LogP contribution is 2.19. The van der Waals surface area contributed by atoms with E-state index in [1.807, 2.05) is 48.5 Å². The van der Waals surface area contributed by atoms with Gasteiger partial charge in [-0.3, -0.25) is 18.9 Å². The van der Waals surface area contributed by atoms with Crippen molar-refractivity contribution in [2.24, 2.45) is 12.1 Å². The molecule has 0 unspecified atom stereocenters. The number of benzene rings is 2. The molecule has 10 heteroatoms. The molecule has 2 aromatic heterocycles. The normalized spacial score (nSPS) is 11.3. The van der Waals surface area contributed by atoms with Crippen LogP contribution in [0, 0.1) is 0 Å². The van der Waals surface area contributed by atoms with Gasteiger partial charge < -0.3 is 4.74 Å². The van der Waals surface area contributed by atoms with Crippen LogP contribution in [0.25, 0.3) is 11.2 Å². The van der Waals surface area contributed by atoms with Gasteiger partial charge in [-0.2, -0.15) is 10.1 Å². The minimum Gasteiger partial charge on any atom is -0.497 e. The van der Waals surface area contributed by atoms with Crippen LogP contribution in [-0.4, -0.2) is 32.4 Å². The number of aryl methyl sites for hydroxylation is 1. The SMILES string of the molecule is COc1ccc(C=NNc2nc3c(c(=O)[nH]c(=O)n3C)n2Cc2cccc(Br)c2)cc1. The van der Waals surface area contributed by atoms with Crippen molar-refractivity contribution < 1.29 is 4.74 Å². The van der Waals surface area contributed by atoms with Gasteiger partial charge in [0.15, 0.2) is 11.2 Å². The highest BCUT2D eigenvalue weighted by atomic mass is 79.9. The van der Waals surface area contributed by atoms with Crippen LogP contribution < -0.4 is 21.4 Å². The van der Waals surface area contributed by atoms with Crippen molar-refractivity contribution in [2.45, 2.75) is 6.54 Å². The summed E-state index contributed by atoms with van der Waals surface area (Å²) in [5.41, 5.74) is 4.22. The Balaban J connectivity index is 1.74. The molecule has 2 heterocycles. The van der Waals surface area contributed by atoms with Crippen LogP contribution in [0.2, 0.25) is 0 Å². The molecule has 2 N–H and O–H groups in total. The molecule has 9 nitrogen and oxygen atoms in total. The van der Waals surface area contributed by atoms with E-state index in [1.165, 1.54) is 4.57 Å². The van der Waals surface area contributed by atoms with Crippen LogP contribution in [0.4, 0.5) is 5.95 Å². The molecule has 0 fully saturated rings. The smallest absolute Gasteiger partial charge is 0.329 e. The number of nitrogens with one attached hydrogen (secondary N) is 2. The zero-order valence-corrected chi connectivity index (χ0v) is 18.4. The van der Waals surface area contributed by atoms with E-state index in [1.54, 1.807) is 24.9 Å². The Kier molecular flexibility index (Phi) is 5.72. The first-order valence-corrected chi connectivity index (χ1v) is 10.1. The van der Waals surface area contributed by atoms with E-state index in [-0.39, 0.29) is 11.2 Å². The van der Waals surface area contributed by atoms with E-state index in [9.17, 15) is 9.59 Å². The number of aromatic nitrogens is 4. The molecule has 31 heavy (non-hydrogen) atoms. The third-order valence-corrected chi connectivity index (χ3v) is 5.22. The Bertz CT molecular complexity index is 1390. The number of fused-ring (bicyclic) bond motifs is 1. The van der Waals surface area contributed by atoms with Crippen molar-refractivity contribution in [1.82, 2.24) is 19.1 Å². The van der Waals surface area contributed by atoms with Crippen molar-refractivity contribution in [3.63, 3.8) is 0 Å². The zero-order chi connectivity index (χ0) is 22.0. The van der Waals surface area contributed by atoms with Crippen molar-refractivity contribution >= 4 is 39.3 Å². The average Bonchev–Trinajstić information content (AvgIpc) is 3.11. The molecule has 0 radical (unpaired) electrons. The van der Waals surface area contributed by atoms with Gasteiger partial charge in [0.05, 0.1) is 19.9 Å². The van der Waals surface area contributed by atoms with Crippen molar-refractivity contribution in [1.29, 1.82) is 0 Å². The molecule has 158 valence electrons. The summed E-state index contributed by atoms with van der Waals surface area (Å²) in [5.74, 6) is 1.09. The summed E-state index contributed by atoms with van der Waals surface area (Å²) in [4.78, 5) is 31.4. The Hall–Kier alpha value is -3.66. The maximum Gasteiger partial charge on any atom is 0.329 e. The van der Waals surface area contributed by atoms with Gasteiger partial charge in [0, 0.05) is 11.5 Å². The number of hydrogen-bond acceptors (Lipinski definition) is 6. The third kappa shape index (κ3) is 4.29. The number of ether oxygens (including phenoxy) is 1. The molecule has 0 aliphatic carbocycles. The van der Waals surface area contributed by atoms with E-state index in [2.05, 4.69) is 36.4 Å². The minimum absolute atomic E-state index is 0.269. The molecule has 0 aliphatic heterocycles. The molecule has 0 spiro atoms. The van der Waals surface area contributed by atoms with E-state index in [0.717, 1.165) is 21.3 Å². The third-order valence-electron chi connectivity index (χ3n) is 4.73. The number of hydrazone groups is 1. The van der Waals surface area contributed by atoms with Crippen LogP contribution in [-0.2, 0) is 13.6 Å². The topological polar surface area (TPSA) is 106 Å². The number of halogens is 1.